The molecule has 1 aromatic rings. The standard InChI is InChI=1S/C22H42N4O2P2/c1-2-23-8-10-24(11-13-26(20-30)15-14-25(19-29)12-9-23)16-22(27)18-28-17-21-6-4-3-5-7-21/h3-7,22,27H,2,8-20,29-30H2,1H3. The summed E-state index contributed by atoms with van der Waals surface area (Å²) in [4.78, 5) is 9.94. The summed E-state index contributed by atoms with van der Waals surface area (Å²) in [5.74, 6) is 0. The van der Waals surface area contributed by atoms with Gasteiger partial charge in [0.15, 0.2) is 0 Å². The lowest BCUT2D eigenvalue weighted by molar-refractivity contribution is 0.00691. The van der Waals surface area contributed by atoms with Crippen molar-refractivity contribution in [3.63, 3.8) is 0 Å². The summed E-state index contributed by atoms with van der Waals surface area (Å²) in [6, 6.07) is 10.1. The van der Waals surface area contributed by atoms with Crippen LogP contribution in [0, 0.1) is 0 Å². The lowest BCUT2D eigenvalue weighted by Gasteiger charge is -2.34. The molecule has 1 aromatic carbocycles. The van der Waals surface area contributed by atoms with Crippen LogP contribution in [0.3, 0.4) is 0 Å². The molecule has 1 saturated heterocycles. The number of β-amino-alcohol motifs (C(OH)–C–C–N with tert-alkyl or cyclic N) is 1. The van der Waals surface area contributed by atoms with E-state index in [4.69, 9.17) is 4.74 Å². The average Bonchev–Trinajstić information content (AvgIpc) is 2.76. The Morgan fingerprint density at radius 3 is 1.83 bits per heavy atom. The van der Waals surface area contributed by atoms with Gasteiger partial charge in [0.2, 0.25) is 0 Å². The summed E-state index contributed by atoms with van der Waals surface area (Å²) < 4.78 is 5.76. The summed E-state index contributed by atoms with van der Waals surface area (Å²) >= 11 is 0. The molecule has 3 unspecified atom stereocenters. The zero-order valence-electron chi connectivity index (χ0n) is 18.7. The summed E-state index contributed by atoms with van der Waals surface area (Å²) in [6.45, 7) is 13.3. The number of hydrogen-bond acceptors (Lipinski definition) is 6. The van der Waals surface area contributed by atoms with Crippen molar-refractivity contribution in [3.8, 4) is 0 Å². The van der Waals surface area contributed by atoms with Crippen LogP contribution < -0.4 is 0 Å². The molecule has 1 N–H and O–H groups in total. The van der Waals surface area contributed by atoms with Gasteiger partial charge in [-0.15, -0.1) is 18.5 Å². The first-order chi connectivity index (χ1) is 14.6. The fourth-order valence-corrected chi connectivity index (χ4v) is 4.41. The molecule has 1 heterocycles. The van der Waals surface area contributed by atoms with Gasteiger partial charge in [-0.2, -0.15) is 0 Å². The minimum Gasteiger partial charge on any atom is -0.389 e. The Hall–Kier alpha value is -0.160. The molecule has 0 spiro atoms. The van der Waals surface area contributed by atoms with Crippen molar-refractivity contribution in [1.29, 1.82) is 0 Å². The van der Waals surface area contributed by atoms with E-state index in [0.29, 0.717) is 19.8 Å². The summed E-state index contributed by atoms with van der Waals surface area (Å²) in [7, 11) is 5.74. The average molecular weight is 457 g/mol. The topological polar surface area (TPSA) is 42.4 Å². The van der Waals surface area contributed by atoms with E-state index >= 15 is 0 Å². The molecule has 0 aliphatic carbocycles. The van der Waals surface area contributed by atoms with E-state index in [0.717, 1.165) is 77.0 Å². The second-order valence-electron chi connectivity index (χ2n) is 7.99. The molecule has 0 aromatic heterocycles. The molecule has 1 aliphatic heterocycles. The van der Waals surface area contributed by atoms with E-state index in [1.54, 1.807) is 0 Å². The summed E-state index contributed by atoms with van der Waals surface area (Å²) in [5.41, 5.74) is 1.14. The molecule has 1 fully saturated rings. The van der Waals surface area contributed by atoms with Crippen molar-refractivity contribution in [2.75, 3.05) is 84.6 Å². The number of ether oxygens (including phenoxy) is 1. The van der Waals surface area contributed by atoms with Gasteiger partial charge >= 0.3 is 0 Å². The van der Waals surface area contributed by atoms with Gasteiger partial charge in [0, 0.05) is 71.5 Å². The van der Waals surface area contributed by atoms with E-state index in [2.05, 4.69) is 57.1 Å². The zero-order chi connectivity index (χ0) is 21.6. The highest BCUT2D eigenvalue weighted by Crippen LogP contribution is 2.05. The minimum absolute atomic E-state index is 0.374. The molecular weight excluding hydrogens is 414 g/mol. The monoisotopic (exact) mass is 456 g/mol. The third-order valence-electron chi connectivity index (χ3n) is 5.78. The van der Waals surface area contributed by atoms with Crippen LogP contribution in [0.25, 0.3) is 0 Å². The van der Waals surface area contributed by atoms with E-state index in [1.807, 2.05) is 18.2 Å². The van der Waals surface area contributed by atoms with Crippen LogP contribution in [-0.2, 0) is 11.3 Å². The molecule has 0 radical (unpaired) electrons. The Balaban J connectivity index is 1.85. The SMILES string of the molecule is CCN1CCN(CP)CCN(CP)CCN(CC(O)COCc2ccccc2)CC1. The van der Waals surface area contributed by atoms with Crippen LogP contribution in [0.15, 0.2) is 30.3 Å². The molecule has 0 saturated carbocycles. The van der Waals surface area contributed by atoms with E-state index in [9.17, 15) is 5.11 Å². The second kappa shape index (κ2) is 15.6. The highest BCUT2D eigenvalue weighted by Gasteiger charge is 2.17. The Kier molecular flexibility index (Phi) is 13.6. The van der Waals surface area contributed by atoms with Gasteiger partial charge in [-0.05, 0) is 12.1 Å². The van der Waals surface area contributed by atoms with Crippen LogP contribution in [0.2, 0.25) is 0 Å². The lowest BCUT2D eigenvalue weighted by atomic mass is 10.2. The zero-order valence-corrected chi connectivity index (χ0v) is 21.0. The third kappa shape index (κ3) is 10.4. The Morgan fingerprint density at radius 2 is 1.33 bits per heavy atom. The molecule has 0 bridgehead atoms. The summed E-state index contributed by atoms with van der Waals surface area (Å²) in [5, 5.41) is 10.6. The van der Waals surface area contributed by atoms with Crippen LogP contribution in [0.1, 0.15) is 12.5 Å². The molecule has 30 heavy (non-hydrogen) atoms. The van der Waals surface area contributed by atoms with Crippen molar-refractivity contribution < 1.29 is 9.84 Å². The number of rotatable bonds is 9. The maximum Gasteiger partial charge on any atom is 0.0900 e. The normalized spacial score (nSPS) is 20.5. The van der Waals surface area contributed by atoms with Crippen molar-refractivity contribution in [1.82, 2.24) is 19.6 Å². The quantitative estimate of drug-likeness (QED) is 0.568. The fourth-order valence-electron chi connectivity index (χ4n) is 3.68. The van der Waals surface area contributed by atoms with E-state index in [1.165, 1.54) is 0 Å². The first kappa shape index (κ1) is 26.1. The highest BCUT2D eigenvalue weighted by molar-refractivity contribution is 7.16. The maximum absolute atomic E-state index is 10.6. The van der Waals surface area contributed by atoms with Gasteiger partial charge in [-0.25, -0.2) is 0 Å². The third-order valence-corrected chi connectivity index (χ3v) is 6.82. The molecule has 2 rings (SSSR count). The molecule has 3 atom stereocenters. The Morgan fingerprint density at radius 1 is 0.833 bits per heavy atom. The number of likely N-dealkylation sites (N-methyl/N-ethyl adjacent to an activating group) is 1. The summed E-state index contributed by atoms with van der Waals surface area (Å²) in [6.07, 6.45) is 1.56. The van der Waals surface area contributed by atoms with Gasteiger partial charge in [0.1, 0.15) is 0 Å². The van der Waals surface area contributed by atoms with Crippen LogP contribution in [0.5, 0.6) is 0 Å². The van der Waals surface area contributed by atoms with Gasteiger partial charge in [-0.1, -0.05) is 37.3 Å². The maximum atomic E-state index is 10.6. The first-order valence-corrected chi connectivity index (χ1v) is 12.9. The Labute approximate surface area is 188 Å². The van der Waals surface area contributed by atoms with Crippen LogP contribution in [0.4, 0.5) is 0 Å². The van der Waals surface area contributed by atoms with Crippen molar-refractivity contribution in [3.05, 3.63) is 35.9 Å². The highest BCUT2D eigenvalue weighted by atomic mass is 31.0. The van der Waals surface area contributed by atoms with Crippen LogP contribution >= 0.6 is 18.5 Å². The van der Waals surface area contributed by atoms with Gasteiger partial charge in [0.25, 0.3) is 0 Å². The number of aliphatic hydroxyl groups is 1. The van der Waals surface area contributed by atoms with Crippen molar-refractivity contribution in [2.24, 2.45) is 0 Å². The molecule has 0 amide bonds. The molecule has 1 aliphatic rings. The number of benzene rings is 1. The van der Waals surface area contributed by atoms with Gasteiger partial charge in [0.05, 0.1) is 19.3 Å². The molecule has 8 heteroatoms. The Bertz CT molecular complexity index is 535. The molecule has 172 valence electrons. The fraction of sp³-hybridized carbons (Fsp3) is 0.727. The van der Waals surface area contributed by atoms with E-state index in [-0.39, 0.29) is 0 Å². The number of hydrogen-bond donors (Lipinski definition) is 1. The van der Waals surface area contributed by atoms with Gasteiger partial charge in [-0.3, -0.25) is 14.7 Å². The van der Waals surface area contributed by atoms with Gasteiger partial charge < -0.3 is 14.7 Å². The molecular formula is C22H42N4O2P2. The number of aliphatic hydroxyl groups excluding tert-OH is 1. The number of nitrogens with zero attached hydrogens (tertiary/aromatic N) is 4. The smallest absolute Gasteiger partial charge is 0.0900 e. The largest absolute Gasteiger partial charge is 0.389 e. The lowest BCUT2D eigenvalue weighted by Crippen LogP contribution is -2.47. The van der Waals surface area contributed by atoms with Crippen molar-refractivity contribution in [2.45, 2.75) is 19.6 Å². The van der Waals surface area contributed by atoms with Crippen molar-refractivity contribution >= 4 is 18.5 Å². The first-order valence-electron chi connectivity index (χ1n) is 11.2. The predicted octanol–water partition coefficient (Wildman–Crippen LogP) is 1.47. The minimum atomic E-state index is -0.464. The molecule has 6 nitrogen and oxygen atoms in total. The predicted molar refractivity (Wildman–Crippen MR) is 133 cm³/mol. The van der Waals surface area contributed by atoms with Crippen LogP contribution in [-0.4, -0.2) is 115 Å². The van der Waals surface area contributed by atoms with E-state index < -0.39 is 6.10 Å². The second-order valence-corrected chi connectivity index (χ2v) is 8.72.